The van der Waals surface area contributed by atoms with Gasteiger partial charge in [0.25, 0.3) is 0 Å². The molecule has 1 heterocycles. The lowest BCUT2D eigenvalue weighted by Crippen LogP contribution is -2.36. The molecule has 1 N–H and O–H groups in total. The van der Waals surface area contributed by atoms with Crippen molar-refractivity contribution in [3.63, 3.8) is 0 Å². The number of carbonyl (C=O) groups is 1. The van der Waals surface area contributed by atoms with Gasteiger partial charge in [-0.05, 0) is 19.3 Å². The van der Waals surface area contributed by atoms with Crippen LogP contribution in [0.3, 0.4) is 0 Å². The number of ether oxygens (including phenoxy) is 1. The van der Waals surface area contributed by atoms with E-state index < -0.39 is 0 Å². The summed E-state index contributed by atoms with van der Waals surface area (Å²) in [5, 5.41) is 9.35. The number of nitrogens with zero attached hydrogens (tertiary/aromatic N) is 1. The Balaban J connectivity index is 2.46. The number of aliphatic hydroxyl groups is 1. The summed E-state index contributed by atoms with van der Waals surface area (Å²) in [5.74, 6) is 0. The van der Waals surface area contributed by atoms with Crippen molar-refractivity contribution >= 4 is 6.09 Å². The van der Waals surface area contributed by atoms with Crippen LogP contribution in [0.4, 0.5) is 4.79 Å². The Kier molecular flexibility index (Phi) is 3.34. The second-order valence-electron chi connectivity index (χ2n) is 3.07. The summed E-state index contributed by atoms with van der Waals surface area (Å²) in [6.45, 7) is 1.11. The van der Waals surface area contributed by atoms with Gasteiger partial charge >= 0.3 is 6.09 Å². The highest BCUT2D eigenvalue weighted by molar-refractivity contribution is 5.67. The van der Waals surface area contributed by atoms with E-state index >= 15 is 0 Å². The van der Waals surface area contributed by atoms with E-state index in [-0.39, 0.29) is 12.2 Å². The van der Waals surface area contributed by atoms with Crippen molar-refractivity contribution < 1.29 is 14.6 Å². The molecule has 0 spiro atoms. The van der Waals surface area contributed by atoms with Crippen LogP contribution in [0.2, 0.25) is 0 Å². The molecular weight excluding hydrogens is 158 g/mol. The number of rotatable bonds is 0. The van der Waals surface area contributed by atoms with Crippen molar-refractivity contribution in [3.8, 4) is 0 Å². The van der Waals surface area contributed by atoms with Crippen LogP contribution in [-0.4, -0.2) is 42.4 Å². The highest BCUT2D eigenvalue weighted by Crippen LogP contribution is 2.10. The first-order valence-corrected chi connectivity index (χ1v) is 4.25. The average Bonchev–Trinajstić information content (AvgIpc) is 2.28. The molecule has 0 saturated carbocycles. The molecule has 4 heteroatoms. The normalized spacial score (nSPS) is 24.8. The summed E-state index contributed by atoms with van der Waals surface area (Å²) >= 11 is 0. The van der Waals surface area contributed by atoms with Crippen molar-refractivity contribution in [2.24, 2.45) is 0 Å². The van der Waals surface area contributed by atoms with Gasteiger partial charge in [-0.15, -0.1) is 0 Å². The maximum absolute atomic E-state index is 11.1. The van der Waals surface area contributed by atoms with Gasteiger partial charge in [0, 0.05) is 13.1 Å². The Morgan fingerprint density at radius 2 is 2.33 bits per heavy atom. The Hall–Kier alpha value is -0.770. The molecule has 1 atom stereocenters. The number of likely N-dealkylation sites (tertiary alicyclic amines) is 1. The van der Waals surface area contributed by atoms with Gasteiger partial charge in [-0.1, -0.05) is 0 Å². The van der Waals surface area contributed by atoms with E-state index in [1.54, 1.807) is 4.90 Å². The fourth-order valence-corrected chi connectivity index (χ4v) is 1.41. The van der Waals surface area contributed by atoms with E-state index in [1.165, 1.54) is 7.11 Å². The molecule has 0 aromatic rings. The first-order valence-electron chi connectivity index (χ1n) is 4.25. The summed E-state index contributed by atoms with van der Waals surface area (Å²) in [7, 11) is 1.36. The van der Waals surface area contributed by atoms with Gasteiger partial charge in [0.1, 0.15) is 0 Å². The van der Waals surface area contributed by atoms with Crippen molar-refractivity contribution in [1.82, 2.24) is 4.90 Å². The second kappa shape index (κ2) is 4.30. The van der Waals surface area contributed by atoms with Crippen LogP contribution in [0.25, 0.3) is 0 Å². The van der Waals surface area contributed by atoms with Crippen LogP contribution in [0.5, 0.6) is 0 Å². The summed E-state index contributed by atoms with van der Waals surface area (Å²) in [4.78, 5) is 12.6. The number of carbonyl (C=O) groups excluding carboxylic acids is 1. The van der Waals surface area contributed by atoms with Crippen molar-refractivity contribution in [1.29, 1.82) is 0 Å². The molecule has 1 rings (SSSR count). The number of aliphatic hydroxyl groups excluding tert-OH is 1. The topological polar surface area (TPSA) is 49.8 Å². The maximum Gasteiger partial charge on any atom is 0.409 e. The van der Waals surface area contributed by atoms with Gasteiger partial charge in [-0.25, -0.2) is 4.79 Å². The van der Waals surface area contributed by atoms with E-state index in [9.17, 15) is 9.90 Å². The zero-order valence-corrected chi connectivity index (χ0v) is 7.32. The van der Waals surface area contributed by atoms with E-state index in [0.29, 0.717) is 13.1 Å². The van der Waals surface area contributed by atoms with Gasteiger partial charge < -0.3 is 14.7 Å². The number of hydrogen-bond donors (Lipinski definition) is 1. The highest BCUT2D eigenvalue weighted by Gasteiger charge is 2.20. The standard InChI is InChI=1S/C8H15NO3/c1-12-8(11)9-5-3-2-4-7(10)6-9/h7,10H,2-6H2,1H3. The van der Waals surface area contributed by atoms with Crippen molar-refractivity contribution in [2.75, 3.05) is 20.2 Å². The molecule has 0 radical (unpaired) electrons. The molecule has 0 aromatic carbocycles. The van der Waals surface area contributed by atoms with Gasteiger partial charge in [-0.3, -0.25) is 0 Å². The molecule has 1 amide bonds. The first kappa shape index (κ1) is 9.32. The number of methoxy groups -OCH3 is 1. The summed E-state index contributed by atoms with van der Waals surface area (Å²) in [6, 6.07) is 0. The largest absolute Gasteiger partial charge is 0.453 e. The zero-order valence-electron chi connectivity index (χ0n) is 7.32. The molecule has 4 nitrogen and oxygen atoms in total. The Labute approximate surface area is 72.1 Å². The Morgan fingerprint density at radius 1 is 1.58 bits per heavy atom. The lowest BCUT2D eigenvalue weighted by atomic mass is 10.2. The number of β-amino-alcohol motifs (C(OH)–C–C–N with tert-alkyl or cyclic N) is 1. The maximum atomic E-state index is 11.1. The molecule has 0 aliphatic carbocycles. The minimum atomic E-state index is -0.383. The predicted molar refractivity (Wildman–Crippen MR) is 43.8 cm³/mol. The van der Waals surface area contributed by atoms with Gasteiger partial charge in [0.05, 0.1) is 13.2 Å². The lowest BCUT2D eigenvalue weighted by molar-refractivity contribution is 0.0920. The molecule has 12 heavy (non-hydrogen) atoms. The highest BCUT2D eigenvalue weighted by atomic mass is 16.5. The van der Waals surface area contributed by atoms with Crippen LogP contribution in [0, 0.1) is 0 Å². The molecule has 70 valence electrons. The van der Waals surface area contributed by atoms with Crippen LogP contribution in [0.1, 0.15) is 19.3 Å². The van der Waals surface area contributed by atoms with Gasteiger partial charge in [0.15, 0.2) is 0 Å². The van der Waals surface area contributed by atoms with Crippen LogP contribution >= 0.6 is 0 Å². The number of hydrogen-bond acceptors (Lipinski definition) is 3. The minimum absolute atomic E-state index is 0.337. The average molecular weight is 173 g/mol. The first-order chi connectivity index (χ1) is 5.74. The Bertz CT molecular complexity index is 160. The third kappa shape index (κ3) is 2.37. The fraction of sp³-hybridized carbons (Fsp3) is 0.875. The van der Waals surface area contributed by atoms with E-state index in [4.69, 9.17) is 0 Å². The van der Waals surface area contributed by atoms with E-state index in [1.807, 2.05) is 0 Å². The van der Waals surface area contributed by atoms with Crippen LogP contribution < -0.4 is 0 Å². The minimum Gasteiger partial charge on any atom is -0.453 e. The van der Waals surface area contributed by atoms with Crippen molar-refractivity contribution in [3.05, 3.63) is 0 Å². The van der Waals surface area contributed by atoms with E-state index in [2.05, 4.69) is 4.74 Å². The zero-order chi connectivity index (χ0) is 8.97. The van der Waals surface area contributed by atoms with Crippen LogP contribution in [0.15, 0.2) is 0 Å². The molecular formula is C8H15NO3. The number of amides is 1. The van der Waals surface area contributed by atoms with Gasteiger partial charge in [0.2, 0.25) is 0 Å². The monoisotopic (exact) mass is 173 g/mol. The molecule has 0 aromatic heterocycles. The predicted octanol–water partition coefficient (Wildman–Crippen LogP) is 0.600. The molecule has 1 saturated heterocycles. The lowest BCUT2D eigenvalue weighted by Gasteiger charge is -2.20. The quantitative estimate of drug-likeness (QED) is 0.583. The molecule has 1 aliphatic heterocycles. The molecule has 1 aliphatic rings. The van der Waals surface area contributed by atoms with Crippen LogP contribution in [-0.2, 0) is 4.74 Å². The molecule has 1 unspecified atom stereocenters. The summed E-state index contributed by atoms with van der Waals surface area (Å²) in [5.41, 5.74) is 0. The second-order valence-corrected chi connectivity index (χ2v) is 3.07. The smallest absolute Gasteiger partial charge is 0.409 e. The van der Waals surface area contributed by atoms with Crippen molar-refractivity contribution in [2.45, 2.75) is 25.4 Å². The third-order valence-corrected chi connectivity index (χ3v) is 2.08. The third-order valence-electron chi connectivity index (χ3n) is 2.08. The summed E-state index contributed by atoms with van der Waals surface area (Å²) in [6.07, 6.45) is 2.00. The molecule has 1 fully saturated rings. The summed E-state index contributed by atoms with van der Waals surface area (Å²) < 4.78 is 4.57. The van der Waals surface area contributed by atoms with Gasteiger partial charge in [-0.2, -0.15) is 0 Å². The Morgan fingerprint density at radius 3 is 3.00 bits per heavy atom. The SMILES string of the molecule is COC(=O)N1CCCCC(O)C1. The fourth-order valence-electron chi connectivity index (χ4n) is 1.41. The molecule has 0 bridgehead atoms. The van der Waals surface area contributed by atoms with E-state index in [0.717, 1.165) is 19.3 Å².